The quantitative estimate of drug-likeness (QED) is 0.827. The highest BCUT2D eigenvalue weighted by atomic mass is 16.1. The van der Waals surface area contributed by atoms with Crippen LogP contribution in [0.25, 0.3) is 0 Å². The summed E-state index contributed by atoms with van der Waals surface area (Å²) in [7, 11) is 0. The van der Waals surface area contributed by atoms with Gasteiger partial charge in [-0.2, -0.15) is 0 Å². The molecule has 2 N–H and O–H groups in total. The summed E-state index contributed by atoms with van der Waals surface area (Å²) in [4.78, 5) is 11.8. The number of hydrogen-bond acceptors (Lipinski definition) is 1. The summed E-state index contributed by atoms with van der Waals surface area (Å²) in [5, 5.41) is 0. The van der Waals surface area contributed by atoms with Crippen LogP contribution in [0, 0.1) is 11.8 Å². The van der Waals surface area contributed by atoms with Crippen molar-refractivity contribution in [1.29, 1.82) is 0 Å². The topological polar surface area (TPSA) is 43.1 Å². The van der Waals surface area contributed by atoms with Crippen molar-refractivity contribution < 1.29 is 4.79 Å². The van der Waals surface area contributed by atoms with Crippen LogP contribution in [0.4, 0.5) is 0 Å². The molecule has 0 spiro atoms. The van der Waals surface area contributed by atoms with Crippen molar-refractivity contribution in [3.63, 3.8) is 0 Å². The molecule has 1 saturated carbocycles. The second-order valence-electron chi connectivity index (χ2n) is 4.63. The Labute approximate surface area is 96.8 Å². The van der Waals surface area contributed by atoms with Gasteiger partial charge in [-0.25, -0.2) is 0 Å². The van der Waals surface area contributed by atoms with Crippen LogP contribution in [0.15, 0.2) is 30.3 Å². The van der Waals surface area contributed by atoms with E-state index in [4.69, 9.17) is 5.73 Å². The lowest BCUT2D eigenvalue weighted by molar-refractivity contribution is -0.121. The Bertz CT molecular complexity index is 375. The Kier molecular flexibility index (Phi) is 2.75. The summed E-state index contributed by atoms with van der Waals surface area (Å²) >= 11 is 0. The smallest absolute Gasteiger partial charge is 0.228 e. The molecule has 2 heteroatoms. The van der Waals surface area contributed by atoms with Crippen LogP contribution in [0.2, 0.25) is 0 Å². The highest BCUT2D eigenvalue weighted by molar-refractivity contribution is 5.91. The van der Waals surface area contributed by atoms with Crippen molar-refractivity contribution >= 4 is 5.91 Å². The molecule has 16 heavy (non-hydrogen) atoms. The standard InChI is InChI=1S/C14H19NO/c1-3-11-12(4-2)14(11,13(15)16)10-8-6-5-7-9-10/h5-9,11-12H,3-4H2,1-2H3,(H2,15,16). The Balaban J connectivity index is 2.44. The molecule has 1 fully saturated rings. The number of carbonyl (C=O) groups excluding carboxylic acids is 1. The largest absolute Gasteiger partial charge is 0.369 e. The van der Waals surface area contributed by atoms with Crippen LogP contribution in [0.3, 0.4) is 0 Å². The summed E-state index contributed by atoms with van der Waals surface area (Å²) in [6.07, 6.45) is 2.05. The number of rotatable bonds is 4. The van der Waals surface area contributed by atoms with Gasteiger partial charge in [0.25, 0.3) is 0 Å². The Hall–Kier alpha value is -1.31. The fourth-order valence-electron chi connectivity index (χ4n) is 3.40. The molecule has 2 rings (SSSR count). The van der Waals surface area contributed by atoms with Gasteiger partial charge in [0.1, 0.15) is 0 Å². The van der Waals surface area contributed by atoms with Gasteiger partial charge < -0.3 is 5.73 Å². The van der Waals surface area contributed by atoms with Crippen molar-refractivity contribution in [2.24, 2.45) is 17.6 Å². The van der Waals surface area contributed by atoms with E-state index in [0.29, 0.717) is 11.8 Å². The molecule has 0 bridgehead atoms. The number of primary amides is 1. The highest BCUT2D eigenvalue weighted by Crippen LogP contribution is 2.62. The third-order valence-electron chi connectivity index (χ3n) is 4.09. The first-order chi connectivity index (χ1) is 7.69. The van der Waals surface area contributed by atoms with Crippen LogP contribution in [0.1, 0.15) is 32.3 Å². The van der Waals surface area contributed by atoms with Gasteiger partial charge in [-0.1, -0.05) is 57.0 Å². The number of nitrogens with two attached hydrogens (primary N) is 1. The summed E-state index contributed by atoms with van der Waals surface area (Å²) in [5.74, 6) is 0.701. The predicted octanol–water partition coefficient (Wildman–Crippen LogP) is 2.48. The molecule has 1 aliphatic carbocycles. The van der Waals surface area contributed by atoms with E-state index in [1.165, 1.54) is 0 Å². The highest BCUT2D eigenvalue weighted by Gasteiger charge is 2.67. The molecule has 1 aromatic rings. The number of carbonyl (C=O) groups is 1. The monoisotopic (exact) mass is 217 g/mol. The summed E-state index contributed by atoms with van der Waals surface area (Å²) < 4.78 is 0. The third kappa shape index (κ3) is 1.29. The van der Waals surface area contributed by atoms with Crippen LogP contribution in [-0.4, -0.2) is 5.91 Å². The average Bonchev–Trinajstić information content (AvgIpc) is 2.99. The Morgan fingerprint density at radius 1 is 1.19 bits per heavy atom. The zero-order valence-electron chi connectivity index (χ0n) is 9.94. The molecule has 1 aromatic carbocycles. The van der Waals surface area contributed by atoms with E-state index in [2.05, 4.69) is 13.8 Å². The molecule has 2 unspecified atom stereocenters. The van der Waals surface area contributed by atoms with E-state index in [9.17, 15) is 4.79 Å². The summed E-state index contributed by atoms with van der Waals surface area (Å²) in [5.41, 5.74) is 6.37. The van der Waals surface area contributed by atoms with E-state index in [0.717, 1.165) is 18.4 Å². The first-order valence-electron chi connectivity index (χ1n) is 6.04. The molecule has 0 aromatic heterocycles. The van der Waals surface area contributed by atoms with Gasteiger partial charge in [-0.05, 0) is 17.4 Å². The Morgan fingerprint density at radius 3 is 2.06 bits per heavy atom. The SMILES string of the molecule is CCC1C(CC)C1(C(N)=O)c1ccccc1. The zero-order valence-corrected chi connectivity index (χ0v) is 9.94. The van der Waals surface area contributed by atoms with Crippen molar-refractivity contribution in [3.05, 3.63) is 35.9 Å². The minimum absolute atomic E-state index is 0.155. The fraction of sp³-hybridized carbons (Fsp3) is 0.500. The van der Waals surface area contributed by atoms with Crippen LogP contribution >= 0.6 is 0 Å². The molecule has 0 heterocycles. The van der Waals surface area contributed by atoms with Crippen LogP contribution in [0.5, 0.6) is 0 Å². The maximum absolute atomic E-state index is 11.8. The molecule has 86 valence electrons. The minimum Gasteiger partial charge on any atom is -0.369 e. The lowest BCUT2D eigenvalue weighted by Gasteiger charge is -2.14. The number of benzene rings is 1. The second kappa shape index (κ2) is 3.93. The molecular weight excluding hydrogens is 198 g/mol. The molecule has 0 radical (unpaired) electrons. The van der Waals surface area contributed by atoms with E-state index < -0.39 is 0 Å². The maximum atomic E-state index is 11.8. The third-order valence-corrected chi connectivity index (χ3v) is 4.09. The zero-order chi connectivity index (χ0) is 11.8. The number of hydrogen-bond donors (Lipinski definition) is 1. The molecule has 1 amide bonds. The second-order valence-corrected chi connectivity index (χ2v) is 4.63. The van der Waals surface area contributed by atoms with Gasteiger partial charge in [0.2, 0.25) is 5.91 Å². The van der Waals surface area contributed by atoms with Gasteiger partial charge in [0, 0.05) is 0 Å². The van der Waals surface area contributed by atoms with Crippen molar-refractivity contribution in [2.45, 2.75) is 32.1 Å². The Morgan fingerprint density at radius 2 is 1.69 bits per heavy atom. The van der Waals surface area contributed by atoms with Gasteiger partial charge in [0.05, 0.1) is 5.41 Å². The first-order valence-corrected chi connectivity index (χ1v) is 6.04. The lowest BCUT2D eigenvalue weighted by atomic mass is 9.90. The molecule has 2 atom stereocenters. The fourth-order valence-corrected chi connectivity index (χ4v) is 3.40. The van der Waals surface area contributed by atoms with E-state index in [1.807, 2.05) is 30.3 Å². The predicted molar refractivity (Wildman–Crippen MR) is 64.9 cm³/mol. The summed E-state index contributed by atoms with van der Waals surface area (Å²) in [6.45, 7) is 4.28. The van der Waals surface area contributed by atoms with Crippen molar-refractivity contribution in [3.8, 4) is 0 Å². The maximum Gasteiger partial charge on any atom is 0.228 e. The van der Waals surface area contributed by atoms with E-state index in [1.54, 1.807) is 0 Å². The molecule has 0 saturated heterocycles. The van der Waals surface area contributed by atoms with Gasteiger partial charge in [-0.15, -0.1) is 0 Å². The molecule has 0 aliphatic heterocycles. The molecular formula is C14H19NO. The van der Waals surface area contributed by atoms with Crippen LogP contribution in [-0.2, 0) is 10.2 Å². The van der Waals surface area contributed by atoms with Crippen molar-refractivity contribution in [1.82, 2.24) is 0 Å². The van der Waals surface area contributed by atoms with Gasteiger partial charge >= 0.3 is 0 Å². The van der Waals surface area contributed by atoms with Crippen LogP contribution < -0.4 is 5.73 Å². The van der Waals surface area contributed by atoms with E-state index in [-0.39, 0.29) is 11.3 Å². The van der Waals surface area contributed by atoms with Crippen molar-refractivity contribution in [2.75, 3.05) is 0 Å². The average molecular weight is 217 g/mol. The minimum atomic E-state index is -0.384. The van der Waals surface area contributed by atoms with Gasteiger partial charge in [0.15, 0.2) is 0 Å². The summed E-state index contributed by atoms with van der Waals surface area (Å²) in [6, 6.07) is 10.0. The normalized spacial score (nSPS) is 32.4. The molecule has 1 aliphatic rings. The first kappa shape index (κ1) is 11.2. The lowest BCUT2D eigenvalue weighted by Crippen LogP contribution is -2.32. The van der Waals surface area contributed by atoms with Gasteiger partial charge in [-0.3, -0.25) is 4.79 Å². The van der Waals surface area contributed by atoms with E-state index >= 15 is 0 Å². The number of amides is 1. The molecule has 2 nitrogen and oxygen atoms in total.